The summed E-state index contributed by atoms with van der Waals surface area (Å²) >= 11 is 0. The molecule has 0 aliphatic carbocycles. The predicted octanol–water partition coefficient (Wildman–Crippen LogP) is 3.13. The number of carbonyl (C=O) groups is 2. The minimum absolute atomic E-state index is 0.0986. The van der Waals surface area contributed by atoms with Crippen LogP contribution in [0.2, 0.25) is 0 Å². The molecule has 2 unspecified atom stereocenters. The maximum atomic E-state index is 12.7. The molecule has 0 spiro atoms. The first kappa shape index (κ1) is 15.9. The molecule has 0 radical (unpaired) electrons. The van der Waals surface area contributed by atoms with Gasteiger partial charge in [-0.2, -0.15) is 0 Å². The van der Waals surface area contributed by atoms with Crippen LogP contribution in [0.15, 0.2) is 66.1 Å². The second-order valence-corrected chi connectivity index (χ2v) is 5.77. The molecule has 1 amide bonds. The van der Waals surface area contributed by atoms with Gasteiger partial charge in [0.05, 0.1) is 17.3 Å². The van der Waals surface area contributed by atoms with Gasteiger partial charge in [-0.3, -0.25) is 14.6 Å². The summed E-state index contributed by atoms with van der Waals surface area (Å²) < 4.78 is 0. The van der Waals surface area contributed by atoms with Crippen LogP contribution in [0.25, 0.3) is 0 Å². The van der Waals surface area contributed by atoms with Gasteiger partial charge in [-0.05, 0) is 31.5 Å². The SMILES string of the molecule is CC(=O)C1=C(O)C(=O)N(C(C)c2ccccc2)C1c1ccccn1. The Morgan fingerprint density at radius 3 is 2.42 bits per heavy atom. The smallest absolute Gasteiger partial charge is 0.290 e. The van der Waals surface area contributed by atoms with Crippen LogP contribution in [0.1, 0.15) is 37.2 Å². The summed E-state index contributed by atoms with van der Waals surface area (Å²) in [7, 11) is 0. The van der Waals surface area contributed by atoms with Crippen molar-refractivity contribution in [2.24, 2.45) is 0 Å². The highest BCUT2D eigenvalue weighted by atomic mass is 16.3. The van der Waals surface area contributed by atoms with Gasteiger partial charge >= 0.3 is 0 Å². The van der Waals surface area contributed by atoms with Crippen LogP contribution in [0.4, 0.5) is 0 Å². The Balaban J connectivity index is 2.11. The number of hydrogen-bond donors (Lipinski definition) is 1. The Morgan fingerprint density at radius 2 is 1.83 bits per heavy atom. The number of amides is 1. The van der Waals surface area contributed by atoms with Crippen molar-refractivity contribution in [2.45, 2.75) is 25.9 Å². The lowest BCUT2D eigenvalue weighted by Crippen LogP contribution is -2.34. The molecular formula is C19H18N2O3. The molecule has 5 nitrogen and oxygen atoms in total. The highest BCUT2D eigenvalue weighted by Crippen LogP contribution is 2.41. The van der Waals surface area contributed by atoms with Crippen LogP contribution in [-0.2, 0) is 9.59 Å². The number of aliphatic hydroxyl groups is 1. The third-order valence-corrected chi connectivity index (χ3v) is 4.29. The number of Topliss-reactive ketones (excluding diaryl/α,β-unsaturated/α-hetero) is 1. The number of pyridine rings is 1. The van der Waals surface area contributed by atoms with Crippen molar-refractivity contribution in [2.75, 3.05) is 0 Å². The van der Waals surface area contributed by atoms with E-state index in [0.717, 1.165) is 5.56 Å². The number of carbonyl (C=O) groups excluding carboxylic acids is 2. The second-order valence-electron chi connectivity index (χ2n) is 5.77. The molecular weight excluding hydrogens is 304 g/mol. The predicted molar refractivity (Wildman–Crippen MR) is 89.0 cm³/mol. The Bertz CT molecular complexity index is 800. The van der Waals surface area contributed by atoms with E-state index in [1.165, 1.54) is 11.8 Å². The van der Waals surface area contributed by atoms with Crippen LogP contribution >= 0.6 is 0 Å². The molecule has 3 rings (SSSR count). The molecule has 1 aliphatic rings. The summed E-state index contributed by atoms with van der Waals surface area (Å²) in [6.07, 6.45) is 1.61. The van der Waals surface area contributed by atoms with Crippen molar-refractivity contribution < 1.29 is 14.7 Å². The summed E-state index contributed by atoms with van der Waals surface area (Å²) in [5.74, 6) is -1.37. The second kappa shape index (κ2) is 6.28. The van der Waals surface area contributed by atoms with Crippen LogP contribution in [0, 0.1) is 0 Å². The summed E-state index contributed by atoms with van der Waals surface area (Å²) in [4.78, 5) is 30.5. The maximum absolute atomic E-state index is 12.7. The number of benzene rings is 1. The molecule has 2 atom stereocenters. The number of aliphatic hydroxyl groups excluding tert-OH is 1. The third-order valence-electron chi connectivity index (χ3n) is 4.29. The van der Waals surface area contributed by atoms with Gasteiger partial charge in [0.1, 0.15) is 6.04 Å². The van der Waals surface area contributed by atoms with Crippen molar-refractivity contribution in [3.05, 3.63) is 77.3 Å². The number of nitrogens with zero attached hydrogens (tertiary/aromatic N) is 2. The molecule has 1 aromatic heterocycles. The fourth-order valence-corrected chi connectivity index (χ4v) is 3.10. The van der Waals surface area contributed by atoms with E-state index in [0.29, 0.717) is 5.69 Å². The molecule has 1 aliphatic heterocycles. The zero-order valence-corrected chi connectivity index (χ0v) is 13.5. The molecule has 0 saturated carbocycles. The minimum atomic E-state index is -0.689. The van der Waals surface area contributed by atoms with Crippen molar-refractivity contribution >= 4 is 11.7 Å². The number of aromatic nitrogens is 1. The van der Waals surface area contributed by atoms with E-state index in [9.17, 15) is 14.7 Å². The third kappa shape index (κ3) is 2.58. The molecule has 1 N–H and O–H groups in total. The fourth-order valence-electron chi connectivity index (χ4n) is 3.10. The van der Waals surface area contributed by atoms with E-state index >= 15 is 0 Å². The first-order chi connectivity index (χ1) is 11.5. The van der Waals surface area contributed by atoms with Crippen LogP contribution in [0.5, 0.6) is 0 Å². The average molecular weight is 322 g/mol. The first-order valence-corrected chi connectivity index (χ1v) is 7.75. The van der Waals surface area contributed by atoms with Crippen LogP contribution in [-0.4, -0.2) is 26.7 Å². The Labute approximate surface area is 140 Å². The molecule has 2 heterocycles. The van der Waals surface area contributed by atoms with Crippen molar-refractivity contribution in [1.29, 1.82) is 0 Å². The van der Waals surface area contributed by atoms with E-state index < -0.39 is 17.7 Å². The highest BCUT2D eigenvalue weighted by Gasteiger charge is 2.45. The quantitative estimate of drug-likeness (QED) is 0.939. The lowest BCUT2D eigenvalue weighted by molar-refractivity contribution is -0.131. The number of hydrogen-bond acceptors (Lipinski definition) is 4. The molecule has 1 aromatic carbocycles. The van der Waals surface area contributed by atoms with E-state index in [2.05, 4.69) is 4.98 Å². The molecule has 2 aromatic rings. The van der Waals surface area contributed by atoms with Crippen LogP contribution < -0.4 is 0 Å². The summed E-state index contributed by atoms with van der Waals surface area (Å²) in [6, 6.07) is 13.8. The molecule has 5 heteroatoms. The molecule has 122 valence electrons. The van der Waals surface area contributed by atoms with E-state index in [4.69, 9.17) is 0 Å². The zero-order valence-electron chi connectivity index (χ0n) is 13.5. The molecule has 24 heavy (non-hydrogen) atoms. The Morgan fingerprint density at radius 1 is 1.17 bits per heavy atom. The number of rotatable bonds is 4. The minimum Gasteiger partial charge on any atom is -0.503 e. The number of ketones is 1. The fraction of sp³-hybridized carbons (Fsp3) is 0.211. The average Bonchev–Trinajstić information content (AvgIpc) is 2.87. The monoisotopic (exact) mass is 322 g/mol. The molecule has 0 saturated heterocycles. The summed E-state index contributed by atoms with van der Waals surface area (Å²) in [5, 5.41) is 10.3. The topological polar surface area (TPSA) is 70.5 Å². The zero-order chi connectivity index (χ0) is 17.3. The van der Waals surface area contributed by atoms with E-state index in [1.54, 1.807) is 24.4 Å². The van der Waals surface area contributed by atoms with Gasteiger partial charge in [0.25, 0.3) is 5.91 Å². The van der Waals surface area contributed by atoms with Crippen molar-refractivity contribution in [3.8, 4) is 0 Å². The van der Waals surface area contributed by atoms with Crippen molar-refractivity contribution in [1.82, 2.24) is 9.88 Å². The normalized spacial score (nSPS) is 18.8. The van der Waals surface area contributed by atoms with Gasteiger partial charge in [0.2, 0.25) is 0 Å². The Kier molecular flexibility index (Phi) is 4.16. The first-order valence-electron chi connectivity index (χ1n) is 7.75. The van der Waals surface area contributed by atoms with E-state index in [-0.39, 0.29) is 17.4 Å². The standard InChI is InChI=1S/C19H18N2O3/c1-12(14-8-4-3-5-9-14)21-17(15-10-6-7-11-20-15)16(13(2)22)18(23)19(21)24/h3-12,17,23H,1-2H3. The van der Waals surface area contributed by atoms with Gasteiger partial charge in [-0.1, -0.05) is 36.4 Å². The lowest BCUT2D eigenvalue weighted by atomic mass is 9.98. The largest absolute Gasteiger partial charge is 0.503 e. The van der Waals surface area contributed by atoms with Crippen LogP contribution in [0.3, 0.4) is 0 Å². The van der Waals surface area contributed by atoms with Gasteiger partial charge in [-0.25, -0.2) is 0 Å². The maximum Gasteiger partial charge on any atom is 0.290 e. The highest BCUT2D eigenvalue weighted by molar-refractivity contribution is 6.08. The Hall–Kier alpha value is -2.95. The van der Waals surface area contributed by atoms with Gasteiger partial charge in [0, 0.05) is 6.20 Å². The molecule has 0 bridgehead atoms. The summed E-state index contributed by atoms with van der Waals surface area (Å²) in [5.41, 5.74) is 1.58. The molecule has 0 fully saturated rings. The van der Waals surface area contributed by atoms with E-state index in [1.807, 2.05) is 37.3 Å². The van der Waals surface area contributed by atoms with Gasteiger partial charge < -0.3 is 10.0 Å². The van der Waals surface area contributed by atoms with Gasteiger partial charge in [0.15, 0.2) is 11.5 Å². The van der Waals surface area contributed by atoms with Crippen molar-refractivity contribution in [3.63, 3.8) is 0 Å². The van der Waals surface area contributed by atoms with Gasteiger partial charge in [-0.15, -0.1) is 0 Å². The lowest BCUT2D eigenvalue weighted by Gasteiger charge is -2.31. The summed E-state index contributed by atoms with van der Waals surface area (Å²) in [6.45, 7) is 3.23.